The summed E-state index contributed by atoms with van der Waals surface area (Å²) in [4.78, 5) is 2.89. The average Bonchev–Trinajstić information content (AvgIpc) is 3.03. The molecule has 1 saturated heterocycles. The molecule has 1 saturated carbocycles. The number of aryl methyl sites for hydroxylation is 1. The molecule has 2 aliphatic rings. The number of nitrogens with one attached hydrogen (secondary N) is 1. The van der Waals surface area contributed by atoms with Crippen LogP contribution in [0.25, 0.3) is 0 Å². The lowest BCUT2D eigenvalue weighted by Gasteiger charge is -2.36. The van der Waals surface area contributed by atoms with Gasteiger partial charge >= 0.3 is 0 Å². The highest BCUT2D eigenvalue weighted by Crippen LogP contribution is 2.35. The van der Waals surface area contributed by atoms with Crippen LogP contribution >= 0.6 is 11.3 Å². The lowest BCUT2D eigenvalue weighted by Crippen LogP contribution is -2.45. The number of ether oxygens (including phenoxy) is 2. The molecule has 2 heterocycles. The van der Waals surface area contributed by atoms with E-state index in [1.165, 1.54) is 9.75 Å². The third kappa shape index (κ3) is 3.42. The van der Waals surface area contributed by atoms with Crippen LogP contribution in [-0.4, -0.2) is 31.1 Å². The second-order valence-electron chi connectivity index (χ2n) is 6.17. The van der Waals surface area contributed by atoms with Crippen molar-refractivity contribution in [3.63, 3.8) is 0 Å². The minimum atomic E-state index is -0.230. The minimum absolute atomic E-state index is 0.230. The molecule has 1 spiro atoms. The van der Waals surface area contributed by atoms with Crippen LogP contribution in [0.15, 0.2) is 12.1 Å². The van der Waals surface area contributed by atoms with Gasteiger partial charge in [-0.15, -0.1) is 11.3 Å². The number of thiophene rings is 1. The monoisotopic (exact) mass is 295 g/mol. The zero-order valence-electron chi connectivity index (χ0n) is 12.5. The average molecular weight is 295 g/mol. The van der Waals surface area contributed by atoms with Gasteiger partial charge in [-0.2, -0.15) is 0 Å². The standard InChI is InChI=1S/C16H25NO2S/c1-12(11-15-4-3-13(2)20-15)17-14-5-7-16(8-6-14)18-9-10-19-16/h3-4,12,14,17H,5-11H2,1-2H3. The largest absolute Gasteiger partial charge is 0.348 e. The number of hydrogen-bond donors (Lipinski definition) is 1. The van der Waals surface area contributed by atoms with Crippen molar-refractivity contribution >= 4 is 11.3 Å². The van der Waals surface area contributed by atoms with Gasteiger partial charge in [-0.25, -0.2) is 0 Å². The summed E-state index contributed by atoms with van der Waals surface area (Å²) in [6.45, 7) is 6.01. The van der Waals surface area contributed by atoms with Gasteiger partial charge in [-0.1, -0.05) is 0 Å². The van der Waals surface area contributed by atoms with Crippen molar-refractivity contribution in [1.82, 2.24) is 5.32 Å². The zero-order valence-corrected chi connectivity index (χ0v) is 13.3. The third-order valence-corrected chi connectivity index (χ3v) is 5.41. The Balaban J connectivity index is 1.44. The molecule has 3 nitrogen and oxygen atoms in total. The van der Waals surface area contributed by atoms with Gasteiger partial charge in [0.1, 0.15) is 0 Å². The molecule has 1 aromatic rings. The molecule has 112 valence electrons. The van der Waals surface area contributed by atoms with Crippen LogP contribution in [0.2, 0.25) is 0 Å². The molecule has 0 aromatic carbocycles. The van der Waals surface area contributed by atoms with Gasteiger partial charge in [0.2, 0.25) is 0 Å². The Labute approximate surface area is 125 Å². The first-order chi connectivity index (χ1) is 9.65. The van der Waals surface area contributed by atoms with Crippen molar-refractivity contribution in [3.05, 3.63) is 21.9 Å². The topological polar surface area (TPSA) is 30.5 Å². The van der Waals surface area contributed by atoms with Crippen molar-refractivity contribution in [3.8, 4) is 0 Å². The smallest absolute Gasteiger partial charge is 0.168 e. The molecule has 1 atom stereocenters. The highest BCUT2D eigenvalue weighted by atomic mass is 32.1. The Morgan fingerprint density at radius 3 is 2.60 bits per heavy atom. The Bertz CT molecular complexity index is 429. The van der Waals surface area contributed by atoms with E-state index in [1.807, 2.05) is 11.3 Å². The lowest BCUT2D eigenvalue weighted by atomic mass is 9.89. The van der Waals surface area contributed by atoms with Gasteiger partial charge in [0.15, 0.2) is 5.79 Å². The van der Waals surface area contributed by atoms with Crippen molar-refractivity contribution in [1.29, 1.82) is 0 Å². The Kier molecular flexibility index (Phi) is 4.46. The summed E-state index contributed by atoms with van der Waals surface area (Å²) in [5.41, 5.74) is 0. The second kappa shape index (κ2) is 6.14. The van der Waals surface area contributed by atoms with Gasteiger partial charge in [0, 0.05) is 34.7 Å². The van der Waals surface area contributed by atoms with Crippen LogP contribution in [0.3, 0.4) is 0 Å². The molecular formula is C16H25NO2S. The summed E-state index contributed by atoms with van der Waals surface area (Å²) in [6, 6.07) is 5.63. The Morgan fingerprint density at radius 2 is 2.00 bits per heavy atom. The summed E-state index contributed by atoms with van der Waals surface area (Å²) < 4.78 is 11.6. The van der Waals surface area contributed by atoms with E-state index in [0.717, 1.165) is 45.3 Å². The van der Waals surface area contributed by atoms with Crippen molar-refractivity contribution < 1.29 is 9.47 Å². The van der Waals surface area contributed by atoms with Crippen molar-refractivity contribution in [2.45, 2.75) is 63.8 Å². The molecule has 1 aromatic heterocycles. The first kappa shape index (κ1) is 14.5. The van der Waals surface area contributed by atoms with Crippen LogP contribution < -0.4 is 5.32 Å². The first-order valence-corrected chi connectivity index (χ1v) is 8.56. The molecule has 0 amide bonds. The van der Waals surface area contributed by atoms with Gasteiger partial charge in [-0.05, 0) is 45.2 Å². The summed E-state index contributed by atoms with van der Waals surface area (Å²) >= 11 is 1.91. The van der Waals surface area contributed by atoms with E-state index >= 15 is 0 Å². The third-order valence-electron chi connectivity index (χ3n) is 4.38. The van der Waals surface area contributed by atoms with Crippen LogP contribution in [0.5, 0.6) is 0 Å². The van der Waals surface area contributed by atoms with Crippen LogP contribution in [-0.2, 0) is 15.9 Å². The fourth-order valence-electron chi connectivity index (χ4n) is 3.37. The fraction of sp³-hybridized carbons (Fsp3) is 0.750. The first-order valence-electron chi connectivity index (χ1n) is 7.74. The summed E-state index contributed by atoms with van der Waals surface area (Å²) in [5, 5.41) is 3.78. The van der Waals surface area contributed by atoms with Crippen LogP contribution in [0, 0.1) is 6.92 Å². The lowest BCUT2D eigenvalue weighted by molar-refractivity contribution is -0.179. The molecule has 1 N–H and O–H groups in total. The second-order valence-corrected chi connectivity index (χ2v) is 7.54. The number of hydrogen-bond acceptors (Lipinski definition) is 4. The molecule has 4 heteroatoms. The van der Waals surface area contributed by atoms with Crippen LogP contribution in [0.1, 0.15) is 42.4 Å². The molecule has 0 radical (unpaired) electrons. The van der Waals surface area contributed by atoms with E-state index in [2.05, 4.69) is 31.3 Å². The predicted molar refractivity (Wildman–Crippen MR) is 82.2 cm³/mol. The van der Waals surface area contributed by atoms with Crippen molar-refractivity contribution in [2.24, 2.45) is 0 Å². The van der Waals surface area contributed by atoms with Gasteiger partial charge in [0.05, 0.1) is 13.2 Å². The normalized spacial score (nSPS) is 24.3. The maximum atomic E-state index is 5.78. The molecule has 1 aliphatic carbocycles. The molecular weight excluding hydrogens is 270 g/mol. The van der Waals surface area contributed by atoms with Gasteiger partial charge in [0.25, 0.3) is 0 Å². The maximum absolute atomic E-state index is 5.78. The van der Waals surface area contributed by atoms with Gasteiger partial charge < -0.3 is 14.8 Å². The summed E-state index contributed by atoms with van der Waals surface area (Å²) in [6.07, 6.45) is 5.53. The summed E-state index contributed by atoms with van der Waals surface area (Å²) in [5.74, 6) is -0.230. The molecule has 3 rings (SSSR count). The molecule has 0 bridgehead atoms. The Morgan fingerprint density at radius 1 is 1.30 bits per heavy atom. The maximum Gasteiger partial charge on any atom is 0.168 e. The predicted octanol–water partition coefficient (Wildman–Crippen LogP) is 3.26. The van der Waals surface area contributed by atoms with E-state index in [0.29, 0.717) is 12.1 Å². The molecule has 2 fully saturated rings. The molecule has 1 unspecified atom stereocenters. The zero-order chi connectivity index (χ0) is 14.0. The van der Waals surface area contributed by atoms with E-state index in [9.17, 15) is 0 Å². The SMILES string of the molecule is Cc1ccc(CC(C)NC2CCC3(CC2)OCCO3)s1. The molecule has 20 heavy (non-hydrogen) atoms. The van der Waals surface area contributed by atoms with E-state index in [-0.39, 0.29) is 5.79 Å². The van der Waals surface area contributed by atoms with E-state index in [1.54, 1.807) is 0 Å². The van der Waals surface area contributed by atoms with Crippen LogP contribution in [0.4, 0.5) is 0 Å². The number of rotatable bonds is 4. The fourth-order valence-corrected chi connectivity index (χ4v) is 4.39. The van der Waals surface area contributed by atoms with E-state index < -0.39 is 0 Å². The summed E-state index contributed by atoms with van der Waals surface area (Å²) in [7, 11) is 0. The van der Waals surface area contributed by atoms with Gasteiger partial charge in [-0.3, -0.25) is 0 Å². The molecule has 1 aliphatic heterocycles. The highest BCUT2D eigenvalue weighted by Gasteiger charge is 2.40. The quantitative estimate of drug-likeness (QED) is 0.925. The van der Waals surface area contributed by atoms with E-state index in [4.69, 9.17) is 9.47 Å². The van der Waals surface area contributed by atoms with Crippen molar-refractivity contribution in [2.75, 3.05) is 13.2 Å². The minimum Gasteiger partial charge on any atom is -0.348 e. The Hall–Kier alpha value is -0.420. The highest BCUT2D eigenvalue weighted by molar-refractivity contribution is 7.11.